The molecule has 2 saturated heterocycles. The lowest BCUT2D eigenvalue weighted by molar-refractivity contribution is -0.128. The summed E-state index contributed by atoms with van der Waals surface area (Å²) in [5.74, 6) is 0.727. The van der Waals surface area contributed by atoms with E-state index in [1.165, 1.54) is 11.1 Å². The lowest BCUT2D eigenvalue weighted by atomic mass is 9.86. The molecule has 3 heteroatoms. The van der Waals surface area contributed by atoms with Gasteiger partial charge in [-0.15, -0.1) is 0 Å². The monoisotopic (exact) mass is 230 g/mol. The highest BCUT2D eigenvalue weighted by molar-refractivity contribution is 5.84. The molecule has 0 radical (unpaired) electrons. The number of nitrogens with two attached hydrogens (primary N) is 1. The minimum Gasteiger partial charge on any atom is -0.339 e. The normalized spacial score (nSPS) is 26.2. The SMILES string of the molecule is NCc1ccccc1CCN1C(=O)C2CC1C2. The number of hydrogen-bond donors (Lipinski definition) is 1. The highest BCUT2D eigenvalue weighted by atomic mass is 16.2. The van der Waals surface area contributed by atoms with Crippen molar-refractivity contribution in [3.05, 3.63) is 35.4 Å². The van der Waals surface area contributed by atoms with Gasteiger partial charge in [0.25, 0.3) is 0 Å². The predicted octanol–water partition coefficient (Wildman–Crippen LogP) is 1.31. The van der Waals surface area contributed by atoms with Crippen molar-refractivity contribution in [2.75, 3.05) is 6.54 Å². The first kappa shape index (κ1) is 10.8. The van der Waals surface area contributed by atoms with Crippen molar-refractivity contribution in [2.45, 2.75) is 31.8 Å². The molecule has 0 unspecified atom stereocenters. The van der Waals surface area contributed by atoms with Crippen LogP contribution in [0, 0.1) is 5.92 Å². The molecule has 1 aromatic carbocycles. The second-order valence-electron chi connectivity index (χ2n) is 5.08. The number of carbonyl (C=O) groups excluding carboxylic acids is 1. The summed E-state index contributed by atoms with van der Waals surface area (Å²) < 4.78 is 0. The lowest BCUT2D eigenvalue weighted by Crippen LogP contribution is -2.31. The van der Waals surface area contributed by atoms with Gasteiger partial charge in [0.2, 0.25) is 5.91 Å². The van der Waals surface area contributed by atoms with Crippen molar-refractivity contribution in [3.8, 4) is 0 Å². The van der Waals surface area contributed by atoms with Crippen molar-refractivity contribution >= 4 is 5.91 Å². The summed E-state index contributed by atoms with van der Waals surface area (Å²) in [6.07, 6.45) is 3.12. The second kappa shape index (κ2) is 4.15. The molecule has 4 rings (SSSR count). The Bertz CT molecular complexity index is 438. The summed E-state index contributed by atoms with van der Waals surface area (Å²) in [5.41, 5.74) is 8.20. The van der Waals surface area contributed by atoms with E-state index < -0.39 is 0 Å². The molecule has 0 atom stereocenters. The van der Waals surface area contributed by atoms with Gasteiger partial charge in [-0.1, -0.05) is 24.3 Å². The van der Waals surface area contributed by atoms with Crippen LogP contribution in [-0.2, 0) is 17.8 Å². The summed E-state index contributed by atoms with van der Waals surface area (Å²) in [5, 5.41) is 0. The van der Waals surface area contributed by atoms with Crippen molar-refractivity contribution < 1.29 is 4.79 Å². The number of fused-ring (bicyclic) bond motifs is 1. The summed E-state index contributed by atoms with van der Waals surface area (Å²) >= 11 is 0. The molecule has 3 aliphatic rings. The number of rotatable bonds is 4. The largest absolute Gasteiger partial charge is 0.339 e. The molecule has 2 heterocycles. The number of nitrogens with zero attached hydrogens (tertiary/aromatic N) is 1. The Morgan fingerprint density at radius 2 is 1.94 bits per heavy atom. The Labute approximate surface area is 102 Å². The zero-order valence-electron chi connectivity index (χ0n) is 9.93. The van der Waals surface area contributed by atoms with Gasteiger partial charge in [-0.05, 0) is 30.4 Å². The molecule has 0 spiro atoms. The standard InChI is InChI=1S/C14H18N2O/c15-9-11-4-2-1-3-10(11)5-6-16-13-7-12(8-13)14(16)17/h1-4,12-13H,5-9,15H2. The van der Waals surface area contributed by atoms with Gasteiger partial charge < -0.3 is 10.6 Å². The molecule has 2 N–H and O–H groups in total. The van der Waals surface area contributed by atoms with E-state index in [-0.39, 0.29) is 0 Å². The Morgan fingerprint density at radius 3 is 2.53 bits per heavy atom. The van der Waals surface area contributed by atoms with E-state index in [1.807, 2.05) is 12.1 Å². The number of hydrogen-bond acceptors (Lipinski definition) is 2. The van der Waals surface area contributed by atoms with E-state index in [9.17, 15) is 4.79 Å². The Kier molecular flexibility index (Phi) is 2.63. The maximum Gasteiger partial charge on any atom is 0.226 e. The molecular formula is C14H18N2O. The highest BCUT2D eigenvalue weighted by Crippen LogP contribution is 2.41. The molecule has 1 saturated carbocycles. The minimum atomic E-state index is 0.352. The molecule has 1 amide bonds. The first-order valence-corrected chi connectivity index (χ1v) is 6.37. The van der Waals surface area contributed by atoms with E-state index in [4.69, 9.17) is 5.73 Å². The molecule has 17 heavy (non-hydrogen) atoms. The molecule has 1 aromatic rings. The molecule has 2 aliphatic heterocycles. The van der Waals surface area contributed by atoms with Crippen molar-refractivity contribution in [2.24, 2.45) is 11.7 Å². The maximum absolute atomic E-state index is 11.8. The fraction of sp³-hybridized carbons (Fsp3) is 0.500. The van der Waals surface area contributed by atoms with Crippen LogP contribution >= 0.6 is 0 Å². The predicted molar refractivity (Wildman–Crippen MR) is 66.3 cm³/mol. The fourth-order valence-electron chi connectivity index (χ4n) is 2.99. The van der Waals surface area contributed by atoms with E-state index in [0.29, 0.717) is 24.4 Å². The van der Waals surface area contributed by atoms with Crippen LogP contribution in [0.4, 0.5) is 0 Å². The molecule has 1 aliphatic carbocycles. The van der Waals surface area contributed by atoms with Crippen LogP contribution in [0.5, 0.6) is 0 Å². The molecular weight excluding hydrogens is 212 g/mol. The second-order valence-corrected chi connectivity index (χ2v) is 5.08. The maximum atomic E-state index is 11.8. The van der Waals surface area contributed by atoms with Crippen molar-refractivity contribution in [3.63, 3.8) is 0 Å². The van der Waals surface area contributed by atoms with Crippen LogP contribution in [0.2, 0.25) is 0 Å². The summed E-state index contributed by atoms with van der Waals surface area (Å²) in [7, 11) is 0. The van der Waals surface area contributed by atoms with Crippen molar-refractivity contribution in [1.29, 1.82) is 0 Å². The summed E-state index contributed by atoms with van der Waals surface area (Å²) in [6, 6.07) is 8.79. The van der Waals surface area contributed by atoms with Gasteiger partial charge in [0, 0.05) is 25.0 Å². The third kappa shape index (κ3) is 1.75. The molecule has 90 valence electrons. The summed E-state index contributed by atoms with van der Waals surface area (Å²) in [6.45, 7) is 1.44. The molecule has 3 nitrogen and oxygen atoms in total. The average Bonchev–Trinajstić information content (AvgIpc) is 2.77. The molecule has 0 aromatic heterocycles. The third-order valence-electron chi connectivity index (χ3n) is 4.15. The topological polar surface area (TPSA) is 46.3 Å². The van der Waals surface area contributed by atoms with E-state index >= 15 is 0 Å². The van der Waals surface area contributed by atoms with Gasteiger partial charge in [-0.3, -0.25) is 4.79 Å². The van der Waals surface area contributed by atoms with Crippen LogP contribution in [0.1, 0.15) is 24.0 Å². The Morgan fingerprint density at radius 1 is 1.24 bits per heavy atom. The highest BCUT2D eigenvalue weighted by Gasteiger charge is 2.49. The van der Waals surface area contributed by atoms with E-state index in [1.54, 1.807) is 0 Å². The van der Waals surface area contributed by atoms with Gasteiger partial charge in [0.1, 0.15) is 0 Å². The van der Waals surface area contributed by atoms with Gasteiger partial charge in [0.15, 0.2) is 0 Å². The van der Waals surface area contributed by atoms with Crippen LogP contribution in [-0.4, -0.2) is 23.4 Å². The van der Waals surface area contributed by atoms with Crippen LogP contribution in [0.25, 0.3) is 0 Å². The minimum absolute atomic E-state index is 0.352. The first-order valence-electron chi connectivity index (χ1n) is 6.37. The van der Waals surface area contributed by atoms with E-state index in [0.717, 1.165) is 25.8 Å². The van der Waals surface area contributed by atoms with Gasteiger partial charge in [0.05, 0.1) is 0 Å². The zero-order valence-corrected chi connectivity index (χ0v) is 9.93. The Hall–Kier alpha value is -1.35. The average molecular weight is 230 g/mol. The fourth-order valence-corrected chi connectivity index (χ4v) is 2.99. The van der Waals surface area contributed by atoms with Crippen molar-refractivity contribution in [1.82, 2.24) is 4.90 Å². The molecule has 3 fully saturated rings. The smallest absolute Gasteiger partial charge is 0.226 e. The first-order chi connectivity index (χ1) is 8.29. The third-order valence-corrected chi connectivity index (χ3v) is 4.15. The number of benzene rings is 1. The van der Waals surface area contributed by atoms with Crippen LogP contribution in [0.15, 0.2) is 24.3 Å². The molecule has 2 bridgehead atoms. The summed E-state index contributed by atoms with van der Waals surface area (Å²) in [4.78, 5) is 13.9. The van der Waals surface area contributed by atoms with Gasteiger partial charge in [-0.25, -0.2) is 0 Å². The Balaban J connectivity index is 1.66. The number of amides is 1. The number of carbonyl (C=O) groups is 1. The van der Waals surface area contributed by atoms with E-state index in [2.05, 4.69) is 17.0 Å². The van der Waals surface area contributed by atoms with Crippen LogP contribution in [0.3, 0.4) is 0 Å². The zero-order chi connectivity index (χ0) is 11.8. The van der Waals surface area contributed by atoms with Gasteiger partial charge >= 0.3 is 0 Å². The van der Waals surface area contributed by atoms with Crippen LogP contribution < -0.4 is 5.73 Å². The lowest BCUT2D eigenvalue weighted by Gasteiger charge is -2.25. The quantitative estimate of drug-likeness (QED) is 0.847. The van der Waals surface area contributed by atoms with Gasteiger partial charge in [-0.2, -0.15) is 0 Å².